The molecule has 4 aliphatic carbocycles. The Morgan fingerprint density at radius 3 is 2.32 bits per heavy atom. The first-order valence-electron chi connectivity index (χ1n) is 21.5. The van der Waals surface area contributed by atoms with Gasteiger partial charge in [0, 0.05) is 45.1 Å². The topological polar surface area (TPSA) is 251 Å². The molecule has 336 valence electrons. The molecule has 2 aliphatic heterocycles. The standard InChI is InChI=1S/C43H63NO16/c1-21-33(44-22(2)45)37(59-41-36(52)35(51)38(55-5)39(60-41)40(53)54)34(50)29(57-21)20-56-31(48)8-6-7-24(46)10-14-32(49)58-30-13-12-27-26-11-9-23-19-25(47)15-17-42(23,3)28(26)16-18-43(27,30)4/h19,21,26-30,33-39,41,50-52H,6-18,20H2,1-5H3,(H,44,45)(H,53,54)/t21?,26-,27-,28-,29?,30-,33?,34?,35?,36?,37?,38?,39?,41?,42-,43-/m0/s1. The van der Waals surface area contributed by atoms with E-state index in [0.717, 1.165) is 52.1 Å². The molecule has 10 unspecified atom stereocenters. The average molecular weight is 850 g/mol. The maximum absolute atomic E-state index is 13.0. The summed E-state index contributed by atoms with van der Waals surface area (Å²) in [5.74, 6) is -1.48. The molecule has 0 aromatic heterocycles. The Balaban J connectivity index is 0.931. The first-order chi connectivity index (χ1) is 28.4. The number of nitrogens with one attached hydrogen (secondary N) is 1. The van der Waals surface area contributed by atoms with Crippen molar-refractivity contribution in [1.29, 1.82) is 0 Å². The van der Waals surface area contributed by atoms with Gasteiger partial charge in [-0.05, 0) is 87.5 Å². The Labute approximate surface area is 350 Å². The van der Waals surface area contributed by atoms with Crippen molar-refractivity contribution < 1.29 is 77.6 Å². The highest BCUT2D eigenvalue weighted by Gasteiger charge is 2.60. The Hall–Kier alpha value is -3.32. The third-order valence-electron chi connectivity index (χ3n) is 14.7. The van der Waals surface area contributed by atoms with Crippen molar-refractivity contribution in [2.45, 2.75) is 178 Å². The van der Waals surface area contributed by atoms with E-state index in [1.807, 2.05) is 6.08 Å². The smallest absolute Gasteiger partial charge is 0.335 e. The molecule has 1 amide bonds. The van der Waals surface area contributed by atoms with Crippen LogP contribution in [0.25, 0.3) is 0 Å². The second kappa shape index (κ2) is 19.0. The van der Waals surface area contributed by atoms with Crippen LogP contribution in [-0.2, 0) is 57.2 Å². The van der Waals surface area contributed by atoms with E-state index in [2.05, 4.69) is 19.2 Å². The highest BCUT2D eigenvalue weighted by Crippen LogP contribution is 2.65. The maximum atomic E-state index is 13.0. The number of amides is 1. The van der Waals surface area contributed by atoms with Crippen LogP contribution in [-0.4, -0.2) is 137 Å². The first kappa shape index (κ1) is 46.2. The van der Waals surface area contributed by atoms with Crippen molar-refractivity contribution in [2.24, 2.45) is 28.6 Å². The van der Waals surface area contributed by atoms with Gasteiger partial charge >= 0.3 is 17.9 Å². The minimum atomic E-state index is -1.80. The van der Waals surface area contributed by atoms with Crippen LogP contribution in [0.1, 0.15) is 111 Å². The quantitative estimate of drug-likeness (QED) is 0.148. The summed E-state index contributed by atoms with van der Waals surface area (Å²) in [4.78, 5) is 74.5. The zero-order valence-corrected chi connectivity index (χ0v) is 35.2. The van der Waals surface area contributed by atoms with Crippen molar-refractivity contribution >= 4 is 35.4 Å². The summed E-state index contributed by atoms with van der Waals surface area (Å²) in [6.45, 7) is 6.95. The van der Waals surface area contributed by atoms with Gasteiger partial charge in [0.1, 0.15) is 55.1 Å². The van der Waals surface area contributed by atoms with E-state index in [9.17, 15) is 49.2 Å². The van der Waals surface area contributed by atoms with Crippen LogP contribution in [0.3, 0.4) is 0 Å². The van der Waals surface area contributed by atoms with Crippen LogP contribution < -0.4 is 5.32 Å². The SMILES string of the molecule is COC1C(C(=O)O)OC(OC2C(O)C(COC(=O)CCCC(=O)CCC(=O)O[C@H]3CC[C@H]4[C@@H]5CCC6=CC(=O)CC[C@]6(C)[C@H]5CC[C@]34C)OC(C)C2NC(C)=O)C(O)C1O. The molecule has 60 heavy (non-hydrogen) atoms. The van der Waals surface area contributed by atoms with Crippen molar-refractivity contribution in [1.82, 2.24) is 5.32 Å². The predicted octanol–water partition coefficient (Wildman–Crippen LogP) is 2.08. The molecule has 0 bridgehead atoms. The van der Waals surface area contributed by atoms with Crippen molar-refractivity contribution in [3.05, 3.63) is 11.6 Å². The molecule has 2 saturated heterocycles. The van der Waals surface area contributed by atoms with Gasteiger partial charge in [-0.3, -0.25) is 24.0 Å². The molecule has 5 N–H and O–H groups in total. The number of carbonyl (C=O) groups excluding carboxylic acids is 5. The van der Waals surface area contributed by atoms with Gasteiger partial charge in [0.25, 0.3) is 0 Å². The molecule has 16 atom stereocenters. The fraction of sp³-hybridized carbons (Fsp3) is 0.814. The van der Waals surface area contributed by atoms with Crippen LogP contribution >= 0.6 is 0 Å². The lowest BCUT2D eigenvalue weighted by molar-refractivity contribution is -0.327. The van der Waals surface area contributed by atoms with Crippen LogP contribution in [0, 0.1) is 28.6 Å². The maximum Gasteiger partial charge on any atom is 0.335 e. The van der Waals surface area contributed by atoms with Crippen LogP contribution in [0.2, 0.25) is 0 Å². The zero-order valence-electron chi connectivity index (χ0n) is 35.2. The largest absolute Gasteiger partial charge is 0.479 e. The number of aliphatic hydroxyl groups excluding tert-OH is 3. The molecule has 0 radical (unpaired) electrons. The molecule has 0 aromatic carbocycles. The van der Waals surface area contributed by atoms with Crippen LogP contribution in [0.5, 0.6) is 0 Å². The third kappa shape index (κ3) is 9.52. The average Bonchev–Trinajstić information content (AvgIpc) is 3.53. The molecule has 0 spiro atoms. The summed E-state index contributed by atoms with van der Waals surface area (Å²) in [6, 6.07) is -1.03. The van der Waals surface area contributed by atoms with Crippen LogP contribution in [0.15, 0.2) is 11.6 Å². The summed E-state index contributed by atoms with van der Waals surface area (Å²) < 4.78 is 33.6. The van der Waals surface area contributed by atoms with Gasteiger partial charge in [-0.15, -0.1) is 0 Å². The number of rotatable bonds is 15. The summed E-state index contributed by atoms with van der Waals surface area (Å²) >= 11 is 0. The van der Waals surface area contributed by atoms with E-state index in [1.165, 1.54) is 12.5 Å². The highest BCUT2D eigenvalue weighted by atomic mass is 16.7. The lowest BCUT2D eigenvalue weighted by atomic mass is 9.47. The Bertz CT molecular complexity index is 1670. The monoisotopic (exact) mass is 849 g/mol. The van der Waals surface area contributed by atoms with Crippen LogP contribution in [0.4, 0.5) is 0 Å². The number of ketones is 2. The number of fused-ring (bicyclic) bond motifs is 5. The number of ether oxygens (including phenoxy) is 6. The predicted molar refractivity (Wildman–Crippen MR) is 208 cm³/mol. The lowest BCUT2D eigenvalue weighted by Gasteiger charge is -2.57. The third-order valence-corrected chi connectivity index (χ3v) is 14.7. The number of hydrogen-bond acceptors (Lipinski definition) is 15. The number of carbonyl (C=O) groups is 6. The van der Waals surface area contributed by atoms with Crippen molar-refractivity contribution in [2.75, 3.05) is 13.7 Å². The van der Waals surface area contributed by atoms with E-state index in [1.54, 1.807) is 6.92 Å². The molecule has 6 aliphatic rings. The fourth-order valence-corrected chi connectivity index (χ4v) is 11.4. The van der Waals surface area contributed by atoms with Gasteiger partial charge in [0.2, 0.25) is 5.91 Å². The van der Waals surface area contributed by atoms with Gasteiger partial charge in [0.15, 0.2) is 18.2 Å². The summed E-state index contributed by atoms with van der Waals surface area (Å²) in [6.07, 6.45) is -4.34. The van der Waals surface area contributed by atoms with E-state index < -0.39 is 91.6 Å². The zero-order chi connectivity index (χ0) is 43.7. The van der Waals surface area contributed by atoms with Gasteiger partial charge < -0.3 is 54.2 Å². The summed E-state index contributed by atoms with van der Waals surface area (Å²) in [7, 11) is 1.14. The van der Waals surface area contributed by atoms with E-state index >= 15 is 0 Å². The van der Waals surface area contributed by atoms with E-state index in [-0.39, 0.29) is 60.6 Å². The minimum Gasteiger partial charge on any atom is -0.479 e. The second-order valence-electron chi connectivity index (χ2n) is 18.3. The number of esters is 2. The van der Waals surface area contributed by atoms with E-state index in [4.69, 9.17) is 28.4 Å². The molecule has 6 rings (SSSR count). The van der Waals surface area contributed by atoms with Gasteiger partial charge in [0.05, 0.1) is 18.6 Å². The summed E-state index contributed by atoms with van der Waals surface area (Å²) in [5, 5.41) is 44.7. The minimum absolute atomic E-state index is 0.00968. The number of carboxylic acids is 1. The molecular formula is C43H63NO16. The number of aliphatic carboxylic acids is 1. The Morgan fingerprint density at radius 1 is 0.867 bits per heavy atom. The number of aliphatic hydroxyl groups is 3. The Morgan fingerprint density at radius 2 is 1.62 bits per heavy atom. The molecule has 5 fully saturated rings. The van der Waals surface area contributed by atoms with Crippen molar-refractivity contribution in [3.63, 3.8) is 0 Å². The van der Waals surface area contributed by atoms with Gasteiger partial charge in [-0.1, -0.05) is 19.4 Å². The number of Topliss-reactive ketones (excluding diaryl/α,β-unsaturated/α-hetero) is 1. The molecule has 3 saturated carbocycles. The number of allylic oxidation sites excluding steroid dienone is 1. The van der Waals surface area contributed by atoms with Gasteiger partial charge in [-0.25, -0.2) is 4.79 Å². The molecule has 17 nitrogen and oxygen atoms in total. The first-order valence-corrected chi connectivity index (χ1v) is 21.5. The highest BCUT2D eigenvalue weighted by molar-refractivity contribution is 5.91. The lowest BCUT2D eigenvalue weighted by Crippen LogP contribution is -2.67. The molecule has 17 heteroatoms. The second-order valence-corrected chi connectivity index (χ2v) is 18.3. The summed E-state index contributed by atoms with van der Waals surface area (Å²) in [5.41, 5.74) is 1.29. The molecular weight excluding hydrogens is 786 g/mol. The molecule has 2 heterocycles. The van der Waals surface area contributed by atoms with Gasteiger partial charge in [-0.2, -0.15) is 0 Å². The number of carboxylic acid groups (broad SMARTS) is 1. The van der Waals surface area contributed by atoms with E-state index in [0.29, 0.717) is 24.2 Å². The number of methoxy groups -OCH3 is 1. The Kier molecular flexibility index (Phi) is 14.6. The normalized spacial score (nSPS) is 41.2. The number of hydrogen-bond donors (Lipinski definition) is 5. The van der Waals surface area contributed by atoms with Crippen molar-refractivity contribution in [3.8, 4) is 0 Å². The molecule has 0 aromatic rings. The fourth-order valence-electron chi connectivity index (χ4n) is 11.4.